The number of carbonyl (C=O) groups excluding carboxylic acids is 1. The summed E-state index contributed by atoms with van der Waals surface area (Å²) in [6.07, 6.45) is 7.66. The van der Waals surface area contributed by atoms with Gasteiger partial charge in [-0.1, -0.05) is 6.92 Å². The molecule has 0 saturated carbocycles. The molecular weight excluding hydrogens is 543 g/mol. The minimum absolute atomic E-state index is 0.0288. The number of nitrogens with zero attached hydrogens (tertiary/aromatic N) is 4. The summed E-state index contributed by atoms with van der Waals surface area (Å²) in [5, 5.41) is 15.6. The fraction of sp³-hybridized carbons (Fsp3) is 0.433. The summed E-state index contributed by atoms with van der Waals surface area (Å²) in [4.78, 5) is 16.3. The highest BCUT2D eigenvalue weighted by atomic mass is 32.2. The van der Waals surface area contributed by atoms with Gasteiger partial charge >= 0.3 is 0 Å². The van der Waals surface area contributed by atoms with E-state index in [0.29, 0.717) is 49.4 Å². The molecule has 2 aliphatic heterocycles. The summed E-state index contributed by atoms with van der Waals surface area (Å²) in [6.45, 7) is 6.40. The summed E-state index contributed by atoms with van der Waals surface area (Å²) < 4.78 is 43.5. The number of hydrogen-bond donors (Lipinski definition) is 2. The minimum atomic E-state index is -3.75. The molecule has 2 aliphatic rings. The van der Waals surface area contributed by atoms with Gasteiger partial charge in [-0.25, -0.2) is 12.8 Å². The highest BCUT2D eigenvalue weighted by Crippen LogP contribution is 2.42. The summed E-state index contributed by atoms with van der Waals surface area (Å²) in [5.74, 6) is -0.305. The molecule has 41 heavy (non-hydrogen) atoms. The second-order valence-corrected chi connectivity index (χ2v) is 12.9. The lowest BCUT2D eigenvalue weighted by Gasteiger charge is -2.43. The van der Waals surface area contributed by atoms with Crippen LogP contribution < -0.4 is 5.32 Å². The molecule has 2 N–H and O–H groups in total. The van der Waals surface area contributed by atoms with Crippen LogP contribution >= 0.6 is 0 Å². The van der Waals surface area contributed by atoms with Gasteiger partial charge in [0.05, 0.1) is 11.6 Å². The van der Waals surface area contributed by atoms with E-state index in [0.717, 1.165) is 30.4 Å². The van der Waals surface area contributed by atoms with Crippen LogP contribution in [0.5, 0.6) is 0 Å². The number of aromatic nitrogens is 2. The van der Waals surface area contributed by atoms with E-state index >= 15 is 0 Å². The van der Waals surface area contributed by atoms with Crippen molar-refractivity contribution in [1.29, 1.82) is 5.41 Å². The third-order valence-electron chi connectivity index (χ3n) is 8.27. The van der Waals surface area contributed by atoms with Gasteiger partial charge in [0.1, 0.15) is 10.7 Å². The number of sulfonamides is 1. The lowest BCUT2D eigenvalue weighted by atomic mass is 9.70. The third kappa shape index (κ3) is 5.65. The monoisotopic (exact) mass is 580 g/mol. The number of halogens is 1. The van der Waals surface area contributed by atoms with E-state index in [-0.39, 0.29) is 29.7 Å². The van der Waals surface area contributed by atoms with Gasteiger partial charge in [-0.05, 0) is 86.6 Å². The van der Waals surface area contributed by atoms with Crippen LogP contribution in [0.4, 0.5) is 15.8 Å². The molecule has 1 amide bonds. The first kappa shape index (κ1) is 28.9. The Morgan fingerprint density at radius 1 is 1.12 bits per heavy atom. The standard InChI is InChI=1S/C30H37FN6O3S/c1-3-12-36-21-26(20-33-36)41(39,40)37-15-10-30(11-16-37,29(38)35-13-4-5-14-35)27-18-23(19-32)28(17-22(27)2)34-25-8-6-24(31)7-9-25/h6-9,17-21,32,34H,3-5,10-16H2,1-2H3. The number of aryl methyl sites for hydroxylation is 2. The lowest BCUT2D eigenvalue weighted by molar-refractivity contribution is -0.138. The Kier molecular flexibility index (Phi) is 8.28. The highest BCUT2D eigenvalue weighted by molar-refractivity contribution is 7.89. The highest BCUT2D eigenvalue weighted by Gasteiger charge is 2.48. The van der Waals surface area contributed by atoms with Crippen molar-refractivity contribution in [3.05, 3.63) is 71.3 Å². The summed E-state index contributed by atoms with van der Waals surface area (Å²) in [5.41, 5.74) is 2.77. The molecule has 11 heteroatoms. The molecule has 0 spiro atoms. The van der Waals surface area contributed by atoms with Crippen molar-refractivity contribution in [3.63, 3.8) is 0 Å². The Morgan fingerprint density at radius 2 is 1.80 bits per heavy atom. The average Bonchev–Trinajstić information content (AvgIpc) is 3.68. The quantitative estimate of drug-likeness (QED) is 0.353. The predicted molar refractivity (Wildman–Crippen MR) is 157 cm³/mol. The maximum Gasteiger partial charge on any atom is 0.246 e. The third-order valence-corrected chi connectivity index (χ3v) is 10.1. The van der Waals surface area contributed by atoms with Gasteiger partial charge in [0.2, 0.25) is 15.9 Å². The van der Waals surface area contributed by atoms with Crippen molar-refractivity contribution in [2.45, 2.75) is 62.8 Å². The molecule has 0 aliphatic carbocycles. The van der Waals surface area contributed by atoms with Crippen LogP contribution in [-0.2, 0) is 26.8 Å². The Hall–Kier alpha value is -3.57. The van der Waals surface area contributed by atoms with Crippen LogP contribution in [0.25, 0.3) is 0 Å². The molecule has 2 saturated heterocycles. The zero-order valence-corrected chi connectivity index (χ0v) is 24.4. The van der Waals surface area contributed by atoms with Gasteiger partial charge < -0.3 is 15.6 Å². The van der Waals surface area contributed by atoms with Crippen molar-refractivity contribution in [2.75, 3.05) is 31.5 Å². The van der Waals surface area contributed by atoms with Crippen molar-refractivity contribution in [2.24, 2.45) is 0 Å². The fourth-order valence-electron chi connectivity index (χ4n) is 6.06. The number of benzene rings is 2. The number of amides is 1. The van der Waals surface area contributed by atoms with Crippen molar-refractivity contribution in [1.82, 2.24) is 19.0 Å². The van der Waals surface area contributed by atoms with E-state index in [1.807, 2.05) is 30.9 Å². The average molecular weight is 581 g/mol. The molecule has 5 rings (SSSR count). The number of piperidine rings is 1. The van der Waals surface area contributed by atoms with Crippen LogP contribution in [0.1, 0.15) is 55.7 Å². The first-order valence-electron chi connectivity index (χ1n) is 14.2. The first-order valence-corrected chi connectivity index (χ1v) is 15.6. The largest absolute Gasteiger partial charge is 0.355 e. The molecule has 218 valence electrons. The maximum absolute atomic E-state index is 14.2. The molecule has 0 radical (unpaired) electrons. The maximum atomic E-state index is 14.2. The molecule has 3 heterocycles. The number of carbonyl (C=O) groups is 1. The van der Waals surface area contributed by atoms with Crippen molar-refractivity contribution >= 4 is 33.5 Å². The van der Waals surface area contributed by atoms with Crippen LogP contribution in [0.2, 0.25) is 0 Å². The molecule has 3 aromatic rings. The summed E-state index contributed by atoms with van der Waals surface area (Å²) in [6, 6.07) is 9.81. The molecule has 2 aromatic carbocycles. The van der Waals surface area contributed by atoms with Crippen LogP contribution in [0.3, 0.4) is 0 Å². The smallest absolute Gasteiger partial charge is 0.246 e. The van der Waals surface area contributed by atoms with E-state index in [4.69, 9.17) is 5.41 Å². The lowest BCUT2D eigenvalue weighted by Crippen LogP contribution is -2.53. The van der Waals surface area contributed by atoms with Gasteiger partial charge in [0.15, 0.2) is 0 Å². The zero-order chi connectivity index (χ0) is 29.2. The van der Waals surface area contributed by atoms with E-state index in [9.17, 15) is 17.6 Å². The second-order valence-electron chi connectivity index (χ2n) is 11.0. The number of anilines is 2. The van der Waals surface area contributed by atoms with Crippen LogP contribution in [-0.4, -0.2) is 65.7 Å². The first-order chi connectivity index (χ1) is 19.7. The van der Waals surface area contributed by atoms with Gasteiger partial charge in [-0.3, -0.25) is 9.48 Å². The normalized spacial score (nSPS) is 17.5. The predicted octanol–water partition coefficient (Wildman–Crippen LogP) is 4.83. The molecule has 2 fully saturated rings. The van der Waals surface area contributed by atoms with Gasteiger partial charge in [-0.15, -0.1) is 0 Å². The van der Waals surface area contributed by atoms with Gasteiger partial charge in [0, 0.05) is 62.1 Å². The van der Waals surface area contributed by atoms with E-state index in [2.05, 4.69) is 10.4 Å². The topological polar surface area (TPSA) is 111 Å². The van der Waals surface area contributed by atoms with Crippen molar-refractivity contribution < 1.29 is 17.6 Å². The zero-order valence-electron chi connectivity index (χ0n) is 23.6. The number of hydrogen-bond acceptors (Lipinski definition) is 6. The SMILES string of the molecule is CCCn1cc(S(=O)(=O)N2CCC(C(=O)N3CCCC3)(c3cc(C=N)c(Nc4ccc(F)cc4)cc3C)CC2)cn1. The second kappa shape index (κ2) is 11.7. The fourth-order valence-corrected chi connectivity index (χ4v) is 7.46. The molecule has 0 bridgehead atoms. The molecule has 9 nitrogen and oxygen atoms in total. The summed E-state index contributed by atoms with van der Waals surface area (Å²) >= 11 is 0. The number of rotatable bonds is 9. The molecule has 0 unspecified atom stereocenters. The van der Waals surface area contributed by atoms with E-state index in [1.54, 1.807) is 23.0 Å². The van der Waals surface area contributed by atoms with Gasteiger partial charge in [-0.2, -0.15) is 9.40 Å². The summed E-state index contributed by atoms with van der Waals surface area (Å²) in [7, 11) is -3.75. The molecule has 0 atom stereocenters. The molecular formula is C30H37FN6O3S. The minimum Gasteiger partial charge on any atom is -0.355 e. The Balaban J connectivity index is 1.48. The number of nitrogens with one attached hydrogen (secondary N) is 2. The molecule has 1 aromatic heterocycles. The van der Waals surface area contributed by atoms with E-state index in [1.165, 1.54) is 28.8 Å². The van der Waals surface area contributed by atoms with E-state index < -0.39 is 15.4 Å². The Bertz CT molecular complexity index is 1520. The number of likely N-dealkylation sites (tertiary alicyclic amines) is 1. The van der Waals surface area contributed by atoms with Gasteiger partial charge in [0.25, 0.3) is 0 Å². The van der Waals surface area contributed by atoms with Crippen LogP contribution in [0, 0.1) is 18.2 Å². The Labute approximate surface area is 240 Å². The van der Waals surface area contributed by atoms with Crippen molar-refractivity contribution in [3.8, 4) is 0 Å². The van der Waals surface area contributed by atoms with Crippen LogP contribution in [0.15, 0.2) is 53.7 Å². The Morgan fingerprint density at radius 3 is 2.44 bits per heavy atom.